The molecule has 0 bridgehead atoms. The summed E-state index contributed by atoms with van der Waals surface area (Å²) in [6.07, 6.45) is 5.40. The Hall–Kier alpha value is -1.38. The number of hydrogen-bond acceptors (Lipinski definition) is 1. The molecule has 1 N–H and O–H groups in total. The molecule has 2 rings (SSSR count). The fourth-order valence-corrected chi connectivity index (χ4v) is 2.50. The number of rotatable bonds is 7. The molecule has 1 fully saturated rings. The van der Waals surface area contributed by atoms with Crippen LogP contribution in [0.4, 0.5) is 4.39 Å². The third kappa shape index (κ3) is 3.79. The van der Waals surface area contributed by atoms with Gasteiger partial charge in [-0.2, -0.15) is 0 Å². The van der Waals surface area contributed by atoms with E-state index < -0.39 is 0 Å². The molecule has 0 heterocycles. The molecule has 1 amide bonds. The van der Waals surface area contributed by atoms with Crippen LogP contribution >= 0.6 is 0 Å². The number of nitrogens with one attached hydrogen (secondary N) is 1. The van der Waals surface area contributed by atoms with Gasteiger partial charge in [-0.1, -0.05) is 44.4 Å². The molecular weight excluding hydrogens is 241 g/mol. The average Bonchev–Trinajstić information content (AvgIpc) is 3.19. The molecule has 104 valence electrons. The Balaban J connectivity index is 1.73. The third-order valence-electron chi connectivity index (χ3n) is 3.76. The normalized spacial score (nSPS) is 21.2. The standard InChI is InChI=1S/C16H22FNO/c1-2-3-4-7-10-18-16(19)14-11-13(14)12-8-5-6-9-15(12)17/h5-6,8-9,13-14H,2-4,7,10-11H2,1H3,(H,18,19). The number of carbonyl (C=O) groups excluding carboxylic acids is 1. The molecule has 19 heavy (non-hydrogen) atoms. The molecule has 1 aliphatic rings. The lowest BCUT2D eigenvalue weighted by Crippen LogP contribution is -2.26. The highest BCUT2D eigenvalue weighted by Crippen LogP contribution is 2.48. The maximum absolute atomic E-state index is 13.6. The number of halogens is 1. The molecule has 0 radical (unpaired) electrons. The van der Waals surface area contributed by atoms with Gasteiger partial charge in [-0.25, -0.2) is 4.39 Å². The van der Waals surface area contributed by atoms with Gasteiger partial charge in [0.05, 0.1) is 0 Å². The lowest BCUT2D eigenvalue weighted by molar-refractivity contribution is -0.122. The molecule has 1 saturated carbocycles. The zero-order chi connectivity index (χ0) is 13.7. The SMILES string of the molecule is CCCCCCNC(=O)C1CC1c1ccccc1F. The van der Waals surface area contributed by atoms with Crippen LogP contribution in [0.1, 0.15) is 50.5 Å². The first-order chi connectivity index (χ1) is 9.24. The van der Waals surface area contributed by atoms with E-state index in [0.29, 0.717) is 5.56 Å². The van der Waals surface area contributed by atoms with Crippen LogP contribution in [0.15, 0.2) is 24.3 Å². The van der Waals surface area contributed by atoms with Gasteiger partial charge in [0.15, 0.2) is 0 Å². The Morgan fingerprint density at radius 3 is 2.84 bits per heavy atom. The monoisotopic (exact) mass is 263 g/mol. The zero-order valence-corrected chi connectivity index (χ0v) is 11.5. The molecule has 3 heteroatoms. The molecule has 0 saturated heterocycles. The second kappa shape index (κ2) is 6.69. The summed E-state index contributed by atoms with van der Waals surface area (Å²) in [5.74, 6) is -0.0459. The smallest absolute Gasteiger partial charge is 0.223 e. The van der Waals surface area contributed by atoms with Gasteiger partial charge < -0.3 is 5.32 Å². The van der Waals surface area contributed by atoms with Crippen molar-refractivity contribution in [3.63, 3.8) is 0 Å². The van der Waals surface area contributed by atoms with Crippen molar-refractivity contribution in [2.24, 2.45) is 5.92 Å². The fourth-order valence-electron chi connectivity index (χ4n) is 2.50. The largest absolute Gasteiger partial charge is 0.356 e. The van der Waals surface area contributed by atoms with Gasteiger partial charge >= 0.3 is 0 Å². The quantitative estimate of drug-likeness (QED) is 0.748. The minimum atomic E-state index is -0.189. The van der Waals surface area contributed by atoms with Gasteiger partial charge in [0.25, 0.3) is 0 Å². The van der Waals surface area contributed by atoms with Gasteiger partial charge in [-0.3, -0.25) is 4.79 Å². The van der Waals surface area contributed by atoms with Crippen LogP contribution < -0.4 is 5.32 Å². The zero-order valence-electron chi connectivity index (χ0n) is 11.5. The number of unbranched alkanes of at least 4 members (excludes halogenated alkanes) is 3. The molecule has 1 aromatic carbocycles. The molecule has 2 atom stereocenters. The van der Waals surface area contributed by atoms with Gasteiger partial charge in [-0.05, 0) is 30.4 Å². The Bertz CT molecular complexity index is 433. The summed E-state index contributed by atoms with van der Waals surface area (Å²) >= 11 is 0. The Labute approximate surface area is 114 Å². The van der Waals surface area contributed by atoms with Gasteiger partial charge in [-0.15, -0.1) is 0 Å². The summed E-state index contributed by atoms with van der Waals surface area (Å²) in [7, 11) is 0. The first kappa shape index (κ1) is 14.0. The van der Waals surface area contributed by atoms with Gasteiger partial charge in [0.2, 0.25) is 5.91 Å². The van der Waals surface area contributed by atoms with E-state index in [2.05, 4.69) is 12.2 Å². The Morgan fingerprint density at radius 1 is 1.32 bits per heavy atom. The van der Waals surface area contributed by atoms with E-state index in [1.54, 1.807) is 12.1 Å². The number of carbonyl (C=O) groups is 1. The topological polar surface area (TPSA) is 29.1 Å². The molecule has 2 nitrogen and oxygen atoms in total. The van der Waals surface area contributed by atoms with Gasteiger partial charge in [0.1, 0.15) is 5.82 Å². The first-order valence-corrected chi connectivity index (χ1v) is 7.26. The molecule has 1 aromatic rings. The van der Waals surface area contributed by atoms with Crippen LogP contribution in [0.2, 0.25) is 0 Å². The summed E-state index contributed by atoms with van der Waals surface area (Å²) in [6, 6.07) is 6.77. The minimum Gasteiger partial charge on any atom is -0.356 e. The lowest BCUT2D eigenvalue weighted by atomic mass is 10.1. The maximum atomic E-state index is 13.6. The predicted octanol–water partition coefficient (Wildman–Crippen LogP) is 3.63. The summed E-state index contributed by atoms with van der Waals surface area (Å²) in [5.41, 5.74) is 0.689. The van der Waals surface area contributed by atoms with Crippen LogP contribution in [0.25, 0.3) is 0 Å². The van der Waals surface area contributed by atoms with Crippen molar-refractivity contribution in [1.82, 2.24) is 5.32 Å². The first-order valence-electron chi connectivity index (χ1n) is 7.26. The van der Waals surface area contributed by atoms with Crippen molar-refractivity contribution in [2.75, 3.05) is 6.54 Å². The van der Waals surface area contributed by atoms with E-state index in [0.717, 1.165) is 25.8 Å². The second-order valence-corrected chi connectivity index (χ2v) is 5.32. The van der Waals surface area contributed by atoms with E-state index >= 15 is 0 Å². The van der Waals surface area contributed by atoms with E-state index in [9.17, 15) is 9.18 Å². The highest BCUT2D eigenvalue weighted by molar-refractivity contribution is 5.82. The summed E-state index contributed by atoms with van der Waals surface area (Å²) in [6.45, 7) is 2.92. The Kier molecular flexibility index (Phi) is 4.94. The van der Waals surface area contributed by atoms with Crippen LogP contribution in [-0.2, 0) is 4.79 Å². The summed E-state index contributed by atoms with van der Waals surface area (Å²) in [4.78, 5) is 11.9. The van der Waals surface area contributed by atoms with E-state index in [4.69, 9.17) is 0 Å². The van der Waals surface area contributed by atoms with E-state index in [-0.39, 0.29) is 23.6 Å². The second-order valence-electron chi connectivity index (χ2n) is 5.32. The maximum Gasteiger partial charge on any atom is 0.223 e. The summed E-state index contributed by atoms with van der Waals surface area (Å²) in [5, 5.41) is 2.96. The number of hydrogen-bond donors (Lipinski definition) is 1. The van der Waals surface area contributed by atoms with E-state index in [1.165, 1.54) is 18.9 Å². The van der Waals surface area contributed by atoms with Crippen LogP contribution in [0.3, 0.4) is 0 Å². The van der Waals surface area contributed by atoms with Crippen molar-refractivity contribution in [1.29, 1.82) is 0 Å². The summed E-state index contributed by atoms with van der Waals surface area (Å²) < 4.78 is 13.6. The Morgan fingerprint density at radius 2 is 2.11 bits per heavy atom. The molecule has 0 aromatic heterocycles. The van der Waals surface area contributed by atoms with Crippen LogP contribution in [0.5, 0.6) is 0 Å². The molecule has 2 unspecified atom stereocenters. The molecule has 0 spiro atoms. The predicted molar refractivity (Wildman–Crippen MR) is 74.4 cm³/mol. The third-order valence-corrected chi connectivity index (χ3v) is 3.76. The fraction of sp³-hybridized carbons (Fsp3) is 0.562. The van der Waals surface area contributed by atoms with Crippen molar-refractivity contribution in [3.8, 4) is 0 Å². The molecular formula is C16H22FNO. The number of amides is 1. The molecule has 0 aliphatic heterocycles. The average molecular weight is 263 g/mol. The molecule has 1 aliphatic carbocycles. The lowest BCUT2D eigenvalue weighted by Gasteiger charge is -2.05. The van der Waals surface area contributed by atoms with E-state index in [1.807, 2.05) is 6.07 Å². The van der Waals surface area contributed by atoms with Crippen LogP contribution in [0, 0.1) is 11.7 Å². The van der Waals surface area contributed by atoms with Crippen molar-refractivity contribution < 1.29 is 9.18 Å². The van der Waals surface area contributed by atoms with Crippen molar-refractivity contribution in [2.45, 2.75) is 44.9 Å². The van der Waals surface area contributed by atoms with Gasteiger partial charge in [0, 0.05) is 12.5 Å². The minimum absolute atomic E-state index is 0.0249. The van der Waals surface area contributed by atoms with Crippen molar-refractivity contribution in [3.05, 3.63) is 35.6 Å². The highest BCUT2D eigenvalue weighted by atomic mass is 19.1. The number of benzene rings is 1. The highest BCUT2D eigenvalue weighted by Gasteiger charge is 2.44. The van der Waals surface area contributed by atoms with Crippen LogP contribution in [-0.4, -0.2) is 12.5 Å². The van der Waals surface area contributed by atoms with Crippen molar-refractivity contribution >= 4 is 5.91 Å².